The third-order valence-electron chi connectivity index (χ3n) is 11.9. The molecule has 538 valence electrons. The minimum atomic E-state index is -1.13. The molecule has 0 aliphatic carbocycles. The lowest BCUT2D eigenvalue weighted by atomic mass is 9.85. The van der Waals surface area contributed by atoms with Gasteiger partial charge in [-0.3, -0.25) is 0 Å². The molecule has 6 rings (SSSR count). The van der Waals surface area contributed by atoms with Crippen molar-refractivity contribution in [1.82, 2.24) is 0 Å². The average Bonchev–Trinajstić information content (AvgIpc) is 0.760. The van der Waals surface area contributed by atoms with E-state index in [0.29, 0.717) is 22.3 Å². The van der Waals surface area contributed by atoms with E-state index in [1.165, 1.54) is 72.8 Å². The molecule has 0 spiro atoms. The molecule has 24 nitrogen and oxygen atoms in total. The Hall–Kier alpha value is -10.5. The molecule has 0 amide bonds. The molecule has 0 radical (unpaired) electrons. The van der Waals surface area contributed by atoms with Crippen LogP contribution in [0.25, 0.3) is 55.6 Å². The summed E-state index contributed by atoms with van der Waals surface area (Å²) in [6.45, 7) is 39.4. The van der Waals surface area contributed by atoms with Gasteiger partial charge in [-0.25, -0.2) is 38.4 Å². The molecule has 0 fully saturated rings. The Kier molecular flexibility index (Phi) is 23.8. The highest BCUT2D eigenvalue weighted by Gasteiger charge is 2.29. The van der Waals surface area contributed by atoms with Gasteiger partial charge in [0.2, 0.25) is 0 Å². The monoisotopic (exact) mass is 1390 g/mol. The number of hydrogen-bond acceptors (Lipinski definition) is 24. The van der Waals surface area contributed by atoms with Crippen LogP contribution in [0.3, 0.4) is 0 Å². The number of rotatable bonds is 13. The molecule has 24 heteroatoms. The number of carbonyl (C=O) groups is 8. The molecule has 6 aromatic rings. The van der Waals surface area contributed by atoms with Crippen LogP contribution in [0.15, 0.2) is 109 Å². The molecule has 100 heavy (non-hydrogen) atoms. The number of hydrogen-bond donors (Lipinski definition) is 0. The van der Waals surface area contributed by atoms with Crippen LogP contribution in [-0.4, -0.2) is 94.1 Å². The van der Waals surface area contributed by atoms with E-state index in [0.717, 1.165) is 0 Å². The maximum atomic E-state index is 13.6. The molecule has 0 N–H and O–H groups in total. The lowest BCUT2D eigenvalue weighted by Gasteiger charge is -2.22. The second-order valence-corrected chi connectivity index (χ2v) is 30.8. The maximum absolute atomic E-state index is 13.6. The van der Waals surface area contributed by atoms with Crippen molar-refractivity contribution < 1.29 is 114 Å². The average molecular weight is 1390 g/mol. The van der Waals surface area contributed by atoms with Crippen molar-refractivity contribution in [2.24, 2.45) is 0 Å². The third-order valence-corrected chi connectivity index (χ3v) is 11.9. The van der Waals surface area contributed by atoms with Crippen molar-refractivity contribution in [2.45, 2.75) is 211 Å². The van der Waals surface area contributed by atoms with Crippen LogP contribution in [0.2, 0.25) is 0 Å². The number of benzene rings is 6. The predicted octanol–water partition coefficient (Wildman–Crippen LogP) is 20.5. The van der Waals surface area contributed by atoms with Crippen LogP contribution in [0.5, 0.6) is 46.0 Å². The Labute approximate surface area is 582 Å². The highest BCUT2D eigenvalue weighted by molar-refractivity contribution is 5.96. The van der Waals surface area contributed by atoms with Crippen molar-refractivity contribution in [2.75, 3.05) is 0 Å². The minimum Gasteiger partial charge on any atom is -0.428 e. The second kappa shape index (κ2) is 30.3. The van der Waals surface area contributed by atoms with E-state index in [-0.39, 0.29) is 79.4 Å². The van der Waals surface area contributed by atoms with E-state index in [4.69, 9.17) is 75.8 Å². The molecule has 6 aromatic carbocycles. The van der Waals surface area contributed by atoms with Gasteiger partial charge in [0.05, 0.1) is 0 Å². The third kappa shape index (κ3) is 27.1. The highest BCUT2D eigenvalue weighted by Crippen LogP contribution is 2.47. The standard InChI is InChI=1S/C76H90O24/c1-69(2,3)93-61(77)85-49-29-45(30-50(39-49)86-62(78)94-70(4,5)6)43-25-27-57(59(37-43)47-33-53(89-65(81)97-73(13,14)15)41-54(34-47)90-66(82)98-74(16,17)18)58-28-26-44(46-31-51(87-63(79)95-71(7,8)9)40-52(32-46)88-64(80)96-72(10,11)12)38-60(58)48-35-55(91-67(83)99-75(19,20)21)42-56(36-48)92-68(84)100-76(22,23)24/h25-42H,1-24H3. The SMILES string of the molecule is CC(C)(C)OC(=O)Oc1cc(OC(=O)OC(C)(C)C)cc(-c2ccc(-c3ccc(-c4cc(OC(=O)OC(C)(C)C)cc(OC(=O)OC(C)(C)C)c4)cc3-c3cc(OC(=O)OC(C)(C)C)cc(OC(=O)OC(C)(C)C)c3)c(-c3cc(OC(=O)OC(C)(C)C)cc(OC(=O)OC(C)(C)C)c3)c2)c1. The molecule has 0 aliphatic rings. The van der Waals surface area contributed by atoms with E-state index in [1.807, 2.05) is 0 Å². The number of ether oxygens (including phenoxy) is 16. The summed E-state index contributed by atoms with van der Waals surface area (Å²) >= 11 is 0. The summed E-state index contributed by atoms with van der Waals surface area (Å²) in [6, 6.07) is 27.0. The Bertz CT molecular complexity index is 3590. The second-order valence-electron chi connectivity index (χ2n) is 30.8. The topological polar surface area (TPSA) is 284 Å². The smallest absolute Gasteiger partial charge is 0.428 e. The van der Waals surface area contributed by atoms with E-state index in [9.17, 15) is 38.4 Å². The summed E-state index contributed by atoms with van der Waals surface area (Å²) in [5.74, 6) is -1.28. The fraction of sp³-hybridized carbons (Fsp3) is 0.421. The van der Waals surface area contributed by atoms with E-state index >= 15 is 0 Å². The van der Waals surface area contributed by atoms with Crippen molar-refractivity contribution in [3.8, 4) is 102 Å². The summed E-state index contributed by atoms with van der Waals surface area (Å²) in [5, 5.41) is 0. The first-order chi connectivity index (χ1) is 45.6. The molecular weight excluding hydrogens is 1300 g/mol. The van der Waals surface area contributed by atoms with Gasteiger partial charge in [-0.1, -0.05) is 24.3 Å². The fourth-order valence-electron chi connectivity index (χ4n) is 8.73. The minimum absolute atomic E-state index is 0.132. The van der Waals surface area contributed by atoms with Crippen molar-refractivity contribution >= 4 is 49.2 Å². The van der Waals surface area contributed by atoms with Crippen molar-refractivity contribution in [1.29, 1.82) is 0 Å². The van der Waals surface area contributed by atoms with Crippen LogP contribution in [0.4, 0.5) is 38.4 Å². The van der Waals surface area contributed by atoms with Gasteiger partial charge >= 0.3 is 49.2 Å². The molecule has 0 saturated carbocycles. The fourth-order valence-corrected chi connectivity index (χ4v) is 8.73. The first-order valence-electron chi connectivity index (χ1n) is 31.8. The Morgan fingerprint density at radius 2 is 0.330 bits per heavy atom. The van der Waals surface area contributed by atoms with E-state index in [2.05, 4.69) is 0 Å². The lowest BCUT2D eigenvalue weighted by Crippen LogP contribution is -2.26. The summed E-state index contributed by atoms with van der Waals surface area (Å²) in [6.07, 6.45) is -8.87. The van der Waals surface area contributed by atoms with Gasteiger partial charge < -0.3 is 75.8 Å². The Morgan fingerprint density at radius 3 is 0.480 bits per heavy atom. The first-order valence-corrected chi connectivity index (χ1v) is 31.8. The van der Waals surface area contributed by atoms with Crippen LogP contribution in [0, 0.1) is 0 Å². The highest BCUT2D eigenvalue weighted by atomic mass is 16.8. The zero-order chi connectivity index (χ0) is 75.1. The van der Waals surface area contributed by atoms with Crippen LogP contribution < -0.4 is 37.9 Å². The normalized spacial score (nSPS) is 12.1. The molecule has 0 atom stereocenters. The Balaban J connectivity index is 1.81. The van der Waals surface area contributed by atoms with Gasteiger partial charge in [-0.05, 0) is 282 Å². The van der Waals surface area contributed by atoms with E-state index < -0.39 is 94.1 Å². The molecule has 0 aromatic heterocycles. The zero-order valence-electron chi connectivity index (χ0n) is 61.2. The molecule has 0 bridgehead atoms. The zero-order valence-corrected chi connectivity index (χ0v) is 61.2. The summed E-state index contributed by atoms with van der Waals surface area (Å²) in [4.78, 5) is 108. The first kappa shape index (κ1) is 78.5. The largest absolute Gasteiger partial charge is 0.514 e. The molecule has 0 aliphatic heterocycles. The Morgan fingerprint density at radius 1 is 0.180 bits per heavy atom. The lowest BCUT2D eigenvalue weighted by molar-refractivity contribution is 0.0178. The summed E-state index contributed by atoms with van der Waals surface area (Å²) in [5.41, 5.74) is -5.31. The van der Waals surface area contributed by atoms with Gasteiger partial charge in [0.1, 0.15) is 90.8 Å². The van der Waals surface area contributed by atoms with Crippen LogP contribution in [0.1, 0.15) is 166 Å². The van der Waals surface area contributed by atoms with Crippen LogP contribution >= 0.6 is 0 Å². The summed E-state index contributed by atoms with van der Waals surface area (Å²) in [7, 11) is 0. The van der Waals surface area contributed by atoms with Gasteiger partial charge in [-0.2, -0.15) is 0 Å². The molecule has 0 saturated heterocycles. The predicted molar refractivity (Wildman–Crippen MR) is 369 cm³/mol. The van der Waals surface area contributed by atoms with Crippen molar-refractivity contribution in [3.63, 3.8) is 0 Å². The van der Waals surface area contributed by atoms with Gasteiger partial charge in [0.15, 0.2) is 0 Å². The van der Waals surface area contributed by atoms with Crippen LogP contribution in [-0.2, 0) is 37.9 Å². The van der Waals surface area contributed by atoms with Gasteiger partial charge in [0.25, 0.3) is 0 Å². The maximum Gasteiger partial charge on any atom is 0.514 e. The van der Waals surface area contributed by atoms with Gasteiger partial charge in [0, 0.05) is 24.3 Å². The molecular formula is C76H90O24. The number of carbonyl (C=O) groups excluding carboxylic acids is 8. The van der Waals surface area contributed by atoms with Gasteiger partial charge in [-0.15, -0.1) is 0 Å². The van der Waals surface area contributed by atoms with E-state index in [1.54, 1.807) is 203 Å². The summed E-state index contributed by atoms with van der Waals surface area (Å²) < 4.78 is 90.5. The molecule has 0 heterocycles. The van der Waals surface area contributed by atoms with Crippen molar-refractivity contribution in [3.05, 3.63) is 109 Å². The molecule has 0 unspecified atom stereocenters. The quantitative estimate of drug-likeness (QED) is 0.0590.